The van der Waals surface area contributed by atoms with Crippen molar-refractivity contribution in [2.75, 3.05) is 13.2 Å². The first-order valence-electron chi connectivity index (χ1n) is 26.0. The van der Waals surface area contributed by atoms with Crippen LogP contribution in [-0.2, 0) is 28.6 Å². The summed E-state index contributed by atoms with van der Waals surface area (Å²) in [5, 5.41) is 0. The molecule has 0 bridgehead atoms. The molecule has 0 aromatic heterocycles. The van der Waals surface area contributed by atoms with Gasteiger partial charge in [-0.2, -0.15) is 0 Å². The third-order valence-corrected chi connectivity index (χ3v) is 10.4. The van der Waals surface area contributed by atoms with Crippen molar-refractivity contribution in [3.63, 3.8) is 0 Å². The van der Waals surface area contributed by atoms with Crippen LogP contribution in [0.1, 0.15) is 213 Å². The van der Waals surface area contributed by atoms with Crippen LogP contribution >= 0.6 is 0 Å². The Morgan fingerprint density at radius 1 is 0.323 bits per heavy atom. The SMILES string of the molecule is CC/C=C\C/C=C\C/C=C\C/C=C\C/C=C\C/C=C\CCC(=O)O[C@H](COC(=O)CCCC/C=C\C/C=C\C/C=C\CCCCC)COC(=O)CCCCCCC/C=C\CCCCCC. The average molecular weight is 899 g/mol. The van der Waals surface area contributed by atoms with Crippen molar-refractivity contribution in [2.45, 2.75) is 219 Å². The lowest BCUT2D eigenvalue weighted by molar-refractivity contribution is -0.166. The van der Waals surface area contributed by atoms with Crippen LogP contribution in [0, 0.1) is 0 Å². The molecule has 0 unspecified atom stereocenters. The maximum absolute atomic E-state index is 12.8. The summed E-state index contributed by atoms with van der Waals surface area (Å²) in [5.74, 6) is -1.07. The molecule has 0 N–H and O–H groups in total. The summed E-state index contributed by atoms with van der Waals surface area (Å²) < 4.78 is 16.7. The number of hydrogen-bond donors (Lipinski definition) is 0. The van der Waals surface area contributed by atoms with Gasteiger partial charge in [0.25, 0.3) is 0 Å². The number of carbonyl (C=O) groups excluding carboxylic acids is 3. The molecular weight excluding hydrogens is 805 g/mol. The van der Waals surface area contributed by atoms with Crippen LogP contribution in [0.25, 0.3) is 0 Å². The maximum atomic E-state index is 12.8. The lowest BCUT2D eigenvalue weighted by Crippen LogP contribution is -2.30. The van der Waals surface area contributed by atoms with E-state index in [1.165, 1.54) is 64.2 Å². The van der Waals surface area contributed by atoms with Crippen LogP contribution < -0.4 is 0 Å². The normalized spacial score (nSPS) is 13.1. The van der Waals surface area contributed by atoms with Gasteiger partial charge in [0.05, 0.1) is 0 Å². The Morgan fingerprint density at radius 3 is 1.08 bits per heavy atom. The minimum Gasteiger partial charge on any atom is -0.462 e. The molecular formula is C59H94O6. The Hall–Kier alpha value is -4.19. The molecule has 0 aliphatic rings. The molecule has 0 aliphatic carbocycles. The van der Waals surface area contributed by atoms with E-state index in [1.807, 2.05) is 12.2 Å². The van der Waals surface area contributed by atoms with Gasteiger partial charge < -0.3 is 14.2 Å². The van der Waals surface area contributed by atoms with Gasteiger partial charge in [-0.3, -0.25) is 14.4 Å². The lowest BCUT2D eigenvalue weighted by Gasteiger charge is -2.18. The van der Waals surface area contributed by atoms with Crippen molar-refractivity contribution >= 4 is 17.9 Å². The van der Waals surface area contributed by atoms with Crippen LogP contribution in [0.5, 0.6) is 0 Å². The molecule has 0 aromatic rings. The van der Waals surface area contributed by atoms with Crippen LogP contribution in [0.2, 0.25) is 0 Å². The van der Waals surface area contributed by atoms with Gasteiger partial charge in [0.15, 0.2) is 6.10 Å². The molecule has 0 fully saturated rings. The fraction of sp³-hybridized carbons (Fsp3) is 0.610. The van der Waals surface area contributed by atoms with E-state index >= 15 is 0 Å². The third-order valence-electron chi connectivity index (χ3n) is 10.4. The van der Waals surface area contributed by atoms with Crippen molar-refractivity contribution < 1.29 is 28.6 Å². The predicted molar refractivity (Wildman–Crippen MR) is 279 cm³/mol. The predicted octanol–water partition coefficient (Wildman–Crippen LogP) is 17.3. The first-order valence-corrected chi connectivity index (χ1v) is 26.0. The highest BCUT2D eigenvalue weighted by Crippen LogP contribution is 2.11. The van der Waals surface area contributed by atoms with Gasteiger partial charge >= 0.3 is 17.9 Å². The fourth-order valence-corrected chi connectivity index (χ4v) is 6.53. The van der Waals surface area contributed by atoms with Gasteiger partial charge in [0, 0.05) is 19.3 Å². The number of rotatable bonds is 45. The van der Waals surface area contributed by atoms with Gasteiger partial charge in [0.1, 0.15) is 13.2 Å². The summed E-state index contributed by atoms with van der Waals surface area (Å²) in [6.45, 7) is 6.36. The molecule has 0 aromatic carbocycles. The van der Waals surface area contributed by atoms with E-state index in [4.69, 9.17) is 14.2 Å². The minimum atomic E-state index is -0.840. The van der Waals surface area contributed by atoms with Crippen LogP contribution in [-0.4, -0.2) is 37.2 Å². The van der Waals surface area contributed by atoms with Crippen molar-refractivity contribution in [1.29, 1.82) is 0 Å². The Balaban J connectivity index is 4.60. The van der Waals surface area contributed by atoms with Gasteiger partial charge in [-0.15, -0.1) is 0 Å². The topological polar surface area (TPSA) is 78.9 Å². The summed E-state index contributed by atoms with van der Waals surface area (Å²) >= 11 is 0. The highest BCUT2D eigenvalue weighted by molar-refractivity contribution is 5.71. The first-order chi connectivity index (χ1) is 32.0. The summed E-state index contributed by atoms with van der Waals surface area (Å²) in [7, 11) is 0. The van der Waals surface area contributed by atoms with E-state index in [0.717, 1.165) is 96.3 Å². The summed E-state index contributed by atoms with van der Waals surface area (Å²) in [6.07, 6.45) is 71.9. The van der Waals surface area contributed by atoms with E-state index in [0.29, 0.717) is 19.3 Å². The molecule has 0 heterocycles. The molecule has 65 heavy (non-hydrogen) atoms. The second-order valence-electron chi connectivity index (χ2n) is 16.7. The van der Waals surface area contributed by atoms with E-state index < -0.39 is 12.1 Å². The van der Waals surface area contributed by atoms with E-state index in [2.05, 4.69) is 130 Å². The zero-order valence-electron chi connectivity index (χ0n) is 41.7. The van der Waals surface area contributed by atoms with E-state index in [-0.39, 0.29) is 38.0 Å². The van der Waals surface area contributed by atoms with Crippen LogP contribution in [0.15, 0.2) is 122 Å². The molecule has 366 valence electrons. The monoisotopic (exact) mass is 899 g/mol. The van der Waals surface area contributed by atoms with Gasteiger partial charge in [-0.1, -0.05) is 194 Å². The Morgan fingerprint density at radius 2 is 0.631 bits per heavy atom. The maximum Gasteiger partial charge on any atom is 0.306 e. The van der Waals surface area contributed by atoms with E-state index in [9.17, 15) is 14.4 Å². The van der Waals surface area contributed by atoms with Crippen LogP contribution in [0.4, 0.5) is 0 Å². The molecule has 6 nitrogen and oxygen atoms in total. The Bertz CT molecular complexity index is 1400. The zero-order valence-corrected chi connectivity index (χ0v) is 41.7. The number of ether oxygens (including phenoxy) is 3. The fourth-order valence-electron chi connectivity index (χ4n) is 6.53. The second-order valence-corrected chi connectivity index (χ2v) is 16.7. The summed E-state index contributed by atoms with van der Waals surface area (Å²) in [5.41, 5.74) is 0. The minimum absolute atomic E-state index is 0.128. The number of carbonyl (C=O) groups is 3. The standard InChI is InChI=1S/C59H94O6/c1-4-7-10-13-16-19-22-25-27-28-29-30-32-35-38-41-44-47-50-53-59(62)65-56(54-63-57(60)51-48-45-42-39-36-33-24-21-18-15-12-9-6-3)55-64-58(61)52-49-46-43-40-37-34-31-26-23-20-17-14-11-8-5-2/h7,10,16-17,19-21,24-27,29-31,35,37-38,40,44,47,56H,4-6,8-9,11-15,18,22-23,28,32-34,36,39,41-43,45-46,48-55H2,1-3H3/b10-7-,19-16-,20-17-,24-21-,27-25-,30-29-,31-26-,38-35-,40-37-,47-44-/t56-/m0/s1. The number of hydrogen-bond acceptors (Lipinski definition) is 6. The lowest BCUT2D eigenvalue weighted by atomic mass is 10.1. The van der Waals surface area contributed by atoms with Gasteiger partial charge in [-0.25, -0.2) is 0 Å². The Labute approximate surface area is 399 Å². The number of esters is 3. The number of unbranched alkanes of at least 4 members (excludes halogenated alkanes) is 14. The highest BCUT2D eigenvalue weighted by Gasteiger charge is 2.19. The first kappa shape index (κ1) is 60.8. The molecule has 1 atom stereocenters. The Kier molecular flexibility index (Phi) is 49.1. The molecule has 6 heteroatoms. The molecule has 0 amide bonds. The third kappa shape index (κ3) is 50.7. The molecule has 0 rings (SSSR count). The summed E-state index contributed by atoms with van der Waals surface area (Å²) in [6, 6.07) is 0. The largest absolute Gasteiger partial charge is 0.462 e. The molecule has 0 spiro atoms. The smallest absolute Gasteiger partial charge is 0.306 e. The zero-order chi connectivity index (χ0) is 47.2. The average Bonchev–Trinajstić information content (AvgIpc) is 3.30. The molecule has 0 radical (unpaired) electrons. The van der Waals surface area contributed by atoms with Crippen molar-refractivity contribution in [2.24, 2.45) is 0 Å². The second kappa shape index (κ2) is 52.4. The van der Waals surface area contributed by atoms with E-state index in [1.54, 1.807) is 0 Å². The number of allylic oxidation sites excluding steroid dienone is 20. The van der Waals surface area contributed by atoms with Crippen LogP contribution in [0.3, 0.4) is 0 Å². The van der Waals surface area contributed by atoms with Crippen molar-refractivity contribution in [3.05, 3.63) is 122 Å². The highest BCUT2D eigenvalue weighted by atomic mass is 16.6. The van der Waals surface area contributed by atoms with Crippen molar-refractivity contribution in [3.8, 4) is 0 Å². The van der Waals surface area contributed by atoms with Gasteiger partial charge in [0.2, 0.25) is 0 Å². The van der Waals surface area contributed by atoms with Gasteiger partial charge in [-0.05, 0) is 122 Å². The molecule has 0 saturated heterocycles. The van der Waals surface area contributed by atoms with Crippen molar-refractivity contribution in [1.82, 2.24) is 0 Å². The molecule has 0 aliphatic heterocycles. The summed E-state index contributed by atoms with van der Waals surface area (Å²) in [4.78, 5) is 37.9. The molecule has 0 saturated carbocycles. The quantitative estimate of drug-likeness (QED) is 0.0262.